The zero-order valence-electron chi connectivity index (χ0n) is 8.19. The fourth-order valence-electron chi connectivity index (χ4n) is 2.00. The maximum atomic E-state index is 11.8. The lowest BCUT2D eigenvalue weighted by Crippen LogP contribution is -2.31. The number of sulfonamides is 1. The first-order chi connectivity index (χ1) is 7.15. The lowest BCUT2D eigenvalue weighted by Gasteiger charge is -2.22. The molecule has 15 heavy (non-hydrogen) atoms. The predicted octanol–water partition coefficient (Wildman–Crippen LogP) is 1.83. The molecule has 1 N–H and O–H groups in total. The van der Waals surface area contributed by atoms with E-state index in [0.717, 1.165) is 18.5 Å². The number of hydrogen-bond acceptors (Lipinski definition) is 2. The largest absolute Gasteiger partial charge is 0.364 e. The smallest absolute Gasteiger partial charge is 0.224 e. The van der Waals surface area contributed by atoms with Crippen molar-refractivity contribution >= 4 is 26.0 Å². The second-order valence-electron chi connectivity index (χ2n) is 3.62. The normalized spacial score (nSPS) is 23.4. The van der Waals surface area contributed by atoms with Gasteiger partial charge in [0.2, 0.25) is 10.0 Å². The highest BCUT2D eigenvalue weighted by Gasteiger charge is 2.34. The summed E-state index contributed by atoms with van der Waals surface area (Å²) in [6.45, 7) is 0.623. The summed E-state index contributed by atoms with van der Waals surface area (Å²) in [5.41, 5.74) is 0.983. The Bertz CT molecular complexity index is 415. The van der Waals surface area contributed by atoms with Crippen LogP contribution in [0.5, 0.6) is 0 Å². The average Bonchev–Trinajstić information content (AvgIpc) is 2.87. The maximum Gasteiger partial charge on any atom is 0.224 e. The van der Waals surface area contributed by atoms with Crippen molar-refractivity contribution < 1.29 is 8.42 Å². The monoisotopic (exact) mass is 292 g/mol. The molecular formula is C9H13BrN2O2S. The summed E-state index contributed by atoms with van der Waals surface area (Å²) < 4.78 is 25.1. The Hall–Kier alpha value is -0.330. The molecule has 1 aromatic heterocycles. The summed E-state index contributed by atoms with van der Waals surface area (Å²) in [6, 6.07) is 3.82. The van der Waals surface area contributed by atoms with Gasteiger partial charge in [-0.1, -0.05) is 15.9 Å². The highest BCUT2D eigenvalue weighted by molar-refractivity contribution is 9.10. The second-order valence-corrected chi connectivity index (χ2v) is 6.84. The molecule has 2 rings (SSSR count). The predicted molar refractivity (Wildman–Crippen MR) is 62.2 cm³/mol. The molecule has 0 saturated carbocycles. The number of H-pyrrole nitrogens is 1. The number of aromatic amines is 1. The molecule has 0 bridgehead atoms. The molecule has 2 heterocycles. The van der Waals surface area contributed by atoms with E-state index in [2.05, 4.69) is 20.9 Å². The molecule has 0 aromatic carbocycles. The Morgan fingerprint density at radius 3 is 3.00 bits per heavy atom. The molecule has 1 fully saturated rings. The number of halogens is 1. The van der Waals surface area contributed by atoms with Crippen molar-refractivity contribution in [1.82, 2.24) is 9.29 Å². The molecule has 1 aliphatic heterocycles. The van der Waals surface area contributed by atoms with Gasteiger partial charge >= 0.3 is 0 Å². The molecule has 1 aliphatic rings. The van der Waals surface area contributed by atoms with E-state index in [0.29, 0.717) is 6.54 Å². The Balaban J connectivity index is 2.27. The molecule has 0 radical (unpaired) electrons. The first kappa shape index (κ1) is 11.2. The topological polar surface area (TPSA) is 53.2 Å². The van der Waals surface area contributed by atoms with Gasteiger partial charge in [-0.25, -0.2) is 8.42 Å². The highest BCUT2D eigenvalue weighted by atomic mass is 79.9. The number of hydrogen-bond donors (Lipinski definition) is 1. The van der Waals surface area contributed by atoms with Gasteiger partial charge in [0, 0.05) is 18.4 Å². The van der Waals surface area contributed by atoms with Crippen molar-refractivity contribution in [3.05, 3.63) is 24.0 Å². The van der Waals surface area contributed by atoms with Crippen LogP contribution in [0.4, 0.5) is 0 Å². The molecular weight excluding hydrogens is 280 g/mol. The van der Waals surface area contributed by atoms with Crippen LogP contribution in [0.25, 0.3) is 0 Å². The minimum atomic E-state index is -3.14. The lowest BCUT2D eigenvalue weighted by atomic mass is 10.2. The van der Waals surface area contributed by atoms with E-state index in [1.54, 1.807) is 4.31 Å². The fourth-order valence-corrected chi connectivity index (χ4v) is 3.93. The SMILES string of the molecule is O=S(=O)(CBr)N1CCCC1c1ccc[nH]1. The maximum absolute atomic E-state index is 11.8. The van der Waals surface area contributed by atoms with Gasteiger partial charge in [-0.05, 0) is 25.0 Å². The van der Waals surface area contributed by atoms with E-state index in [4.69, 9.17) is 0 Å². The summed E-state index contributed by atoms with van der Waals surface area (Å²) in [7, 11) is -3.14. The Morgan fingerprint density at radius 1 is 1.60 bits per heavy atom. The first-order valence-corrected chi connectivity index (χ1v) is 7.57. The Kier molecular flexibility index (Phi) is 3.18. The van der Waals surface area contributed by atoms with Crippen molar-refractivity contribution in [1.29, 1.82) is 0 Å². The highest BCUT2D eigenvalue weighted by Crippen LogP contribution is 2.33. The minimum Gasteiger partial charge on any atom is -0.364 e. The third-order valence-corrected chi connectivity index (χ3v) is 5.84. The van der Waals surface area contributed by atoms with Crippen LogP contribution in [0.15, 0.2) is 18.3 Å². The second kappa shape index (κ2) is 4.27. The van der Waals surface area contributed by atoms with Gasteiger partial charge < -0.3 is 4.98 Å². The van der Waals surface area contributed by atoms with Crippen LogP contribution in [-0.2, 0) is 10.0 Å². The standard InChI is InChI=1S/C9H13BrN2O2S/c10-7-15(13,14)12-6-2-4-9(12)8-3-1-5-11-8/h1,3,5,9,11H,2,4,6-7H2. The molecule has 1 unspecified atom stereocenters. The fraction of sp³-hybridized carbons (Fsp3) is 0.556. The van der Waals surface area contributed by atoms with Gasteiger partial charge in [0.1, 0.15) is 4.66 Å². The molecule has 0 amide bonds. The summed E-state index contributed by atoms with van der Waals surface area (Å²) in [6.07, 6.45) is 3.65. The van der Waals surface area contributed by atoms with Crippen LogP contribution < -0.4 is 0 Å². The molecule has 84 valence electrons. The van der Waals surface area contributed by atoms with Crippen LogP contribution in [0, 0.1) is 0 Å². The summed E-state index contributed by atoms with van der Waals surface area (Å²) in [4.78, 5) is 3.08. The molecule has 0 aliphatic carbocycles. The van der Waals surface area contributed by atoms with E-state index in [1.165, 1.54) is 0 Å². The first-order valence-electron chi connectivity index (χ1n) is 4.84. The molecule has 1 aromatic rings. The Morgan fingerprint density at radius 2 is 2.40 bits per heavy atom. The van der Waals surface area contributed by atoms with Crippen molar-refractivity contribution in [3.63, 3.8) is 0 Å². The van der Waals surface area contributed by atoms with Gasteiger partial charge in [-0.15, -0.1) is 0 Å². The summed E-state index contributed by atoms with van der Waals surface area (Å²) in [5, 5.41) is 0. The molecule has 6 heteroatoms. The van der Waals surface area contributed by atoms with Crippen LogP contribution >= 0.6 is 15.9 Å². The van der Waals surface area contributed by atoms with Gasteiger partial charge in [-0.3, -0.25) is 0 Å². The van der Waals surface area contributed by atoms with E-state index in [-0.39, 0.29) is 10.7 Å². The van der Waals surface area contributed by atoms with E-state index in [1.807, 2.05) is 18.3 Å². The molecule has 1 atom stereocenters. The molecule has 1 saturated heterocycles. The summed E-state index contributed by atoms with van der Waals surface area (Å²) >= 11 is 3.03. The number of aromatic nitrogens is 1. The number of nitrogens with zero attached hydrogens (tertiary/aromatic N) is 1. The lowest BCUT2D eigenvalue weighted by molar-refractivity contribution is 0.394. The third-order valence-electron chi connectivity index (χ3n) is 2.68. The van der Waals surface area contributed by atoms with Crippen LogP contribution in [-0.4, -0.2) is 28.9 Å². The van der Waals surface area contributed by atoms with Crippen LogP contribution in [0.1, 0.15) is 24.6 Å². The van der Waals surface area contributed by atoms with Gasteiger partial charge in [0.15, 0.2) is 0 Å². The van der Waals surface area contributed by atoms with Crippen molar-refractivity contribution in [3.8, 4) is 0 Å². The molecule has 4 nitrogen and oxygen atoms in total. The van der Waals surface area contributed by atoms with Crippen molar-refractivity contribution in [2.45, 2.75) is 18.9 Å². The zero-order chi connectivity index (χ0) is 10.9. The van der Waals surface area contributed by atoms with Crippen molar-refractivity contribution in [2.24, 2.45) is 0 Å². The number of rotatable bonds is 3. The molecule has 0 spiro atoms. The average molecular weight is 293 g/mol. The number of nitrogens with one attached hydrogen (secondary N) is 1. The Labute approximate surface area is 97.8 Å². The number of alkyl halides is 1. The van der Waals surface area contributed by atoms with Crippen LogP contribution in [0.3, 0.4) is 0 Å². The van der Waals surface area contributed by atoms with E-state index < -0.39 is 10.0 Å². The van der Waals surface area contributed by atoms with Gasteiger partial charge in [0.25, 0.3) is 0 Å². The van der Waals surface area contributed by atoms with E-state index >= 15 is 0 Å². The van der Waals surface area contributed by atoms with E-state index in [9.17, 15) is 8.42 Å². The van der Waals surface area contributed by atoms with Gasteiger partial charge in [0.05, 0.1) is 6.04 Å². The minimum absolute atomic E-state index is 0.00277. The van der Waals surface area contributed by atoms with Crippen LogP contribution in [0.2, 0.25) is 0 Å². The summed E-state index contributed by atoms with van der Waals surface area (Å²) in [5.74, 6) is 0. The zero-order valence-corrected chi connectivity index (χ0v) is 10.6. The van der Waals surface area contributed by atoms with Gasteiger partial charge in [-0.2, -0.15) is 4.31 Å². The van der Waals surface area contributed by atoms with Crippen molar-refractivity contribution in [2.75, 3.05) is 11.2 Å². The third kappa shape index (κ3) is 2.11. The quantitative estimate of drug-likeness (QED) is 0.864.